The Bertz CT molecular complexity index is 899. The number of hydrogen-bond acceptors (Lipinski definition) is 5. The lowest BCUT2D eigenvalue weighted by molar-refractivity contribution is -0.142. The second kappa shape index (κ2) is 7.95. The number of carbonyl (C=O) groups is 1. The maximum atomic E-state index is 12.5. The van der Waals surface area contributed by atoms with Gasteiger partial charge in [0.1, 0.15) is 5.75 Å². The number of carbonyl (C=O) groups excluding carboxylic acids is 1. The van der Waals surface area contributed by atoms with Crippen molar-refractivity contribution in [2.45, 2.75) is 11.8 Å². The van der Waals surface area contributed by atoms with E-state index in [0.717, 1.165) is 0 Å². The molecule has 2 aromatic carbocycles. The largest absolute Gasteiger partial charge is 0.480 e. The molecule has 0 aliphatic heterocycles. The molecule has 0 bridgehead atoms. The Balaban J connectivity index is 2.22. The van der Waals surface area contributed by atoms with Gasteiger partial charge in [0.15, 0.2) is 6.61 Å². The van der Waals surface area contributed by atoms with Crippen LogP contribution in [-0.2, 0) is 19.6 Å². The second-order valence-corrected chi connectivity index (χ2v) is 7.55. The lowest BCUT2D eigenvalue weighted by Gasteiger charge is -2.12. The summed E-state index contributed by atoms with van der Waals surface area (Å²) >= 11 is 11.9. The van der Waals surface area contributed by atoms with Gasteiger partial charge in [-0.05, 0) is 48.9 Å². The minimum Gasteiger partial charge on any atom is -0.480 e. The van der Waals surface area contributed by atoms with E-state index in [-0.39, 0.29) is 22.3 Å². The van der Waals surface area contributed by atoms with Gasteiger partial charge < -0.3 is 9.47 Å². The minimum absolute atomic E-state index is 0.0442. The van der Waals surface area contributed by atoms with Crippen LogP contribution in [0.4, 0.5) is 5.69 Å². The predicted molar refractivity (Wildman–Crippen MR) is 96.0 cm³/mol. The van der Waals surface area contributed by atoms with Crippen LogP contribution < -0.4 is 9.46 Å². The fraction of sp³-hybridized carbons (Fsp3) is 0.188. The van der Waals surface area contributed by atoms with E-state index in [2.05, 4.69) is 9.46 Å². The molecule has 2 rings (SSSR count). The molecule has 0 amide bonds. The smallest absolute Gasteiger partial charge is 0.343 e. The third kappa shape index (κ3) is 5.01. The average molecular weight is 404 g/mol. The molecule has 0 radical (unpaired) electrons. The maximum absolute atomic E-state index is 12.5. The number of nitrogens with one attached hydrogen (secondary N) is 1. The van der Waals surface area contributed by atoms with Crippen molar-refractivity contribution in [2.75, 3.05) is 18.4 Å². The van der Waals surface area contributed by atoms with E-state index in [0.29, 0.717) is 16.3 Å². The maximum Gasteiger partial charge on any atom is 0.343 e. The lowest BCUT2D eigenvalue weighted by atomic mass is 10.2. The van der Waals surface area contributed by atoms with Crippen LogP contribution >= 0.6 is 23.2 Å². The van der Waals surface area contributed by atoms with Crippen molar-refractivity contribution in [3.05, 3.63) is 52.0 Å². The number of halogens is 2. The fourth-order valence-electron chi connectivity index (χ4n) is 1.91. The van der Waals surface area contributed by atoms with E-state index in [4.69, 9.17) is 27.9 Å². The summed E-state index contributed by atoms with van der Waals surface area (Å²) in [7, 11) is -2.62. The number of benzene rings is 2. The molecule has 9 heteroatoms. The van der Waals surface area contributed by atoms with Crippen LogP contribution in [0.1, 0.15) is 5.56 Å². The van der Waals surface area contributed by atoms with E-state index in [1.54, 1.807) is 25.1 Å². The summed E-state index contributed by atoms with van der Waals surface area (Å²) < 4.78 is 37.1. The number of esters is 1. The highest BCUT2D eigenvalue weighted by atomic mass is 35.5. The molecular formula is C16H15Cl2NO5S. The van der Waals surface area contributed by atoms with Crippen LogP contribution in [0.15, 0.2) is 41.3 Å². The van der Waals surface area contributed by atoms with Gasteiger partial charge in [-0.3, -0.25) is 4.72 Å². The molecule has 0 saturated heterocycles. The standard InChI is InChI=1S/C16H15Cl2NO5S/c1-10-7-11(17)3-5-14(10)19-25(21,22)12-4-6-15(13(18)8-12)24-9-16(20)23-2/h3-8,19H,9H2,1-2H3. The highest BCUT2D eigenvalue weighted by Gasteiger charge is 2.18. The Hall–Kier alpha value is -1.96. The number of anilines is 1. The van der Waals surface area contributed by atoms with E-state index >= 15 is 0 Å². The molecule has 0 aliphatic carbocycles. The molecule has 0 atom stereocenters. The Kier molecular flexibility index (Phi) is 6.16. The van der Waals surface area contributed by atoms with Gasteiger partial charge >= 0.3 is 5.97 Å². The Labute approximate surface area is 155 Å². The van der Waals surface area contributed by atoms with Crippen molar-refractivity contribution in [3.63, 3.8) is 0 Å². The molecule has 1 N–H and O–H groups in total. The summed E-state index contributed by atoms with van der Waals surface area (Å²) in [4.78, 5) is 11.0. The van der Waals surface area contributed by atoms with Crippen LogP contribution in [0.2, 0.25) is 10.0 Å². The normalized spacial score (nSPS) is 11.0. The first-order valence-electron chi connectivity index (χ1n) is 7.01. The van der Waals surface area contributed by atoms with Gasteiger partial charge in [0.25, 0.3) is 10.0 Å². The van der Waals surface area contributed by atoms with Gasteiger partial charge in [0.2, 0.25) is 0 Å². The van der Waals surface area contributed by atoms with E-state index in [9.17, 15) is 13.2 Å². The number of ether oxygens (including phenoxy) is 2. The van der Waals surface area contributed by atoms with Crippen LogP contribution in [0, 0.1) is 6.92 Å². The lowest BCUT2D eigenvalue weighted by Crippen LogP contribution is -2.15. The topological polar surface area (TPSA) is 81.7 Å². The molecule has 0 aromatic heterocycles. The van der Waals surface area contributed by atoms with Crippen molar-refractivity contribution < 1.29 is 22.7 Å². The van der Waals surface area contributed by atoms with Crippen LogP contribution in [0.25, 0.3) is 0 Å². The molecule has 0 saturated carbocycles. The molecule has 0 unspecified atom stereocenters. The molecule has 134 valence electrons. The highest BCUT2D eigenvalue weighted by molar-refractivity contribution is 7.92. The van der Waals surface area contributed by atoms with Crippen LogP contribution in [0.3, 0.4) is 0 Å². The number of rotatable bonds is 6. The third-order valence-electron chi connectivity index (χ3n) is 3.22. The van der Waals surface area contributed by atoms with Crippen LogP contribution in [-0.4, -0.2) is 28.1 Å². The zero-order valence-corrected chi connectivity index (χ0v) is 15.7. The summed E-state index contributed by atoms with van der Waals surface area (Å²) in [6.45, 7) is 1.41. The van der Waals surface area contributed by atoms with Gasteiger partial charge in [-0.2, -0.15) is 0 Å². The number of sulfonamides is 1. The SMILES string of the molecule is COC(=O)COc1ccc(S(=O)(=O)Nc2ccc(Cl)cc2C)cc1Cl. The fourth-order valence-corrected chi connectivity index (χ4v) is 3.59. The van der Waals surface area contributed by atoms with Crippen molar-refractivity contribution in [3.8, 4) is 5.75 Å². The minimum atomic E-state index is -3.85. The quantitative estimate of drug-likeness (QED) is 0.744. The summed E-state index contributed by atoms with van der Waals surface area (Å²) in [6.07, 6.45) is 0. The molecule has 2 aromatic rings. The van der Waals surface area contributed by atoms with Crippen molar-refractivity contribution >= 4 is 44.9 Å². The Morgan fingerprint density at radius 2 is 1.88 bits per heavy atom. The summed E-state index contributed by atoms with van der Waals surface area (Å²) in [5.41, 5.74) is 1.09. The van der Waals surface area contributed by atoms with Gasteiger partial charge in [-0.25, -0.2) is 13.2 Å². The summed E-state index contributed by atoms with van der Waals surface area (Å²) in [6, 6.07) is 8.74. The van der Waals surface area contributed by atoms with Crippen molar-refractivity contribution in [1.82, 2.24) is 0 Å². The average Bonchev–Trinajstić information content (AvgIpc) is 2.55. The molecular weight excluding hydrogens is 389 g/mol. The molecule has 6 nitrogen and oxygen atoms in total. The van der Waals surface area contributed by atoms with Crippen molar-refractivity contribution in [1.29, 1.82) is 0 Å². The van der Waals surface area contributed by atoms with Gasteiger partial charge in [0, 0.05) is 5.02 Å². The molecule has 0 aliphatic rings. The third-order valence-corrected chi connectivity index (χ3v) is 5.11. The molecule has 0 spiro atoms. The monoisotopic (exact) mass is 403 g/mol. The Morgan fingerprint density at radius 3 is 2.48 bits per heavy atom. The van der Waals surface area contributed by atoms with Gasteiger partial charge in [0.05, 0.1) is 22.7 Å². The van der Waals surface area contributed by atoms with Crippen molar-refractivity contribution in [2.24, 2.45) is 0 Å². The van der Waals surface area contributed by atoms with Crippen LogP contribution in [0.5, 0.6) is 5.75 Å². The predicted octanol–water partition coefficient (Wildman–Crippen LogP) is 3.65. The Morgan fingerprint density at radius 1 is 1.16 bits per heavy atom. The zero-order chi connectivity index (χ0) is 18.6. The van der Waals surface area contributed by atoms with E-state index in [1.165, 1.54) is 25.3 Å². The van der Waals surface area contributed by atoms with E-state index < -0.39 is 16.0 Å². The summed E-state index contributed by atoms with van der Waals surface area (Å²) in [5.74, 6) is -0.402. The first-order chi connectivity index (χ1) is 11.7. The highest BCUT2D eigenvalue weighted by Crippen LogP contribution is 2.29. The van der Waals surface area contributed by atoms with Gasteiger partial charge in [-0.1, -0.05) is 23.2 Å². The molecule has 0 heterocycles. The van der Waals surface area contributed by atoms with Gasteiger partial charge in [-0.15, -0.1) is 0 Å². The molecule has 0 fully saturated rings. The first-order valence-corrected chi connectivity index (χ1v) is 9.25. The van der Waals surface area contributed by atoms with E-state index in [1.807, 2.05) is 0 Å². The second-order valence-electron chi connectivity index (χ2n) is 5.02. The number of methoxy groups -OCH3 is 1. The number of aryl methyl sites for hydroxylation is 1. The first kappa shape index (κ1) is 19.4. The zero-order valence-electron chi connectivity index (χ0n) is 13.4. The molecule has 25 heavy (non-hydrogen) atoms. The summed E-state index contributed by atoms with van der Waals surface area (Å²) in [5, 5.41) is 0.565. The number of hydrogen-bond donors (Lipinski definition) is 1.